The molecule has 7 heteroatoms. The predicted octanol–water partition coefficient (Wildman–Crippen LogP) is -0.132. The van der Waals surface area contributed by atoms with E-state index >= 15 is 0 Å². The van der Waals surface area contributed by atoms with Crippen molar-refractivity contribution in [2.75, 3.05) is 27.3 Å². The minimum absolute atomic E-state index is 0.0490. The van der Waals surface area contributed by atoms with Crippen molar-refractivity contribution in [2.45, 2.75) is 37.9 Å². The number of carboxylic acid groups (broad SMARTS) is 1. The summed E-state index contributed by atoms with van der Waals surface area (Å²) in [7, 11) is 3.45. The molecule has 1 heterocycles. The molecule has 110 valence electrons. The van der Waals surface area contributed by atoms with Crippen LogP contribution in [-0.4, -0.2) is 67.4 Å². The Kier molecular flexibility index (Phi) is 6.04. The summed E-state index contributed by atoms with van der Waals surface area (Å²) in [6, 6.07) is -0.976. The molecule has 0 aromatic carbocycles. The first kappa shape index (κ1) is 15.7. The molecule has 1 fully saturated rings. The number of carbonyl (C=O) groups excluding carboxylic acids is 1. The Morgan fingerprint density at radius 2 is 2.21 bits per heavy atom. The Hall–Kier alpha value is -1.34. The van der Waals surface area contributed by atoms with Crippen molar-refractivity contribution >= 4 is 12.0 Å². The number of hydrogen-bond donors (Lipinski definition) is 3. The molecule has 1 aliphatic heterocycles. The second kappa shape index (κ2) is 7.30. The van der Waals surface area contributed by atoms with Crippen LogP contribution in [0.3, 0.4) is 0 Å². The van der Waals surface area contributed by atoms with E-state index in [0.29, 0.717) is 6.04 Å². The van der Waals surface area contributed by atoms with E-state index in [4.69, 9.17) is 9.84 Å². The van der Waals surface area contributed by atoms with E-state index < -0.39 is 18.0 Å². The Labute approximate surface area is 113 Å². The number of hydrogen-bond acceptors (Lipinski definition) is 4. The summed E-state index contributed by atoms with van der Waals surface area (Å²) < 4.78 is 4.76. The second-order valence-corrected chi connectivity index (χ2v) is 5.01. The van der Waals surface area contributed by atoms with Gasteiger partial charge in [-0.3, -0.25) is 0 Å². The molecule has 1 aliphatic rings. The number of aliphatic carboxylic acids is 1. The van der Waals surface area contributed by atoms with Crippen molar-refractivity contribution in [3.63, 3.8) is 0 Å². The molecule has 2 amide bonds. The average molecular weight is 273 g/mol. The lowest BCUT2D eigenvalue weighted by Gasteiger charge is -2.35. The van der Waals surface area contributed by atoms with Gasteiger partial charge in [0.2, 0.25) is 0 Å². The highest BCUT2D eigenvalue weighted by atomic mass is 16.5. The van der Waals surface area contributed by atoms with Crippen LogP contribution in [0, 0.1) is 0 Å². The lowest BCUT2D eigenvalue weighted by Crippen LogP contribution is -2.53. The number of nitrogens with zero attached hydrogens (tertiary/aromatic N) is 1. The van der Waals surface area contributed by atoms with Gasteiger partial charge in [0.05, 0.1) is 6.61 Å². The van der Waals surface area contributed by atoms with Gasteiger partial charge < -0.3 is 25.4 Å². The molecular formula is C12H23N3O4. The van der Waals surface area contributed by atoms with Crippen molar-refractivity contribution in [1.29, 1.82) is 0 Å². The highest BCUT2D eigenvalue weighted by molar-refractivity contribution is 5.82. The minimum Gasteiger partial charge on any atom is -0.480 e. The van der Waals surface area contributed by atoms with Gasteiger partial charge in [-0.15, -0.1) is 0 Å². The second-order valence-electron chi connectivity index (χ2n) is 5.01. The summed E-state index contributed by atoms with van der Waals surface area (Å²) in [5.41, 5.74) is 0. The van der Waals surface area contributed by atoms with E-state index in [-0.39, 0.29) is 12.6 Å². The molecule has 0 aliphatic carbocycles. The fraction of sp³-hybridized carbons (Fsp3) is 0.833. The van der Waals surface area contributed by atoms with Gasteiger partial charge in [-0.1, -0.05) is 0 Å². The number of nitrogens with one attached hydrogen (secondary N) is 2. The summed E-state index contributed by atoms with van der Waals surface area (Å²) in [6.07, 6.45) is 1.74. The number of carbonyl (C=O) groups is 2. The first-order valence-corrected chi connectivity index (χ1v) is 6.43. The van der Waals surface area contributed by atoms with E-state index in [0.717, 1.165) is 19.4 Å². The SMILES string of the molecule is COCC(NC(=O)NC1CCN(C)C(C)C1)C(=O)O. The van der Waals surface area contributed by atoms with Gasteiger partial charge in [0, 0.05) is 25.7 Å². The highest BCUT2D eigenvalue weighted by Gasteiger charge is 2.25. The Morgan fingerprint density at radius 3 is 2.74 bits per heavy atom. The van der Waals surface area contributed by atoms with Gasteiger partial charge in [0.1, 0.15) is 0 Å². The van der Waals surface area contributed by atoms with E-state index in [2.05, 4.69) is 29.5 Å². The fourth-order valence-electron chi connectivity index (χ4n) is 2.15. The van der Waals surface area contributed by atoms with Crippen LogP contribution < -0.4 is 10.6 Å². The van der Waals surface area contributed by atoms with Crippen molar-refractivity contribution in [1.82, 2.24) is 15.5 Å². The number of piperidine rings is 1. The lowest BCUT2D eigenvalue weighted by atomic mass is 9.99. The van der Waals surface area contributed by atoms with Gasteiger partial charge in [0.15, 0.2) is 6.04 Å². The van der Waals surface area contributed by atoms with Crippen molar-refractivity contribution in [2.24, 2.45) is 0 Å². The molecule has 0 saturated carbocycles. The maximum absolute atomic E-state index is 11.7. The highest BCUT2D eigenvalue weighted by Crippen LogP contribution is 2.14. The molecule has 3 N–H and O–H groups in total. The predicted molar refractivity (Wildman–Crippen MR) is 70.1 cm³/mol. The number of methoxy groups -OCH3 is 1. The Bertz CT molecular complexity index is 324. The first-order valence-electron chi connectivity index (χ1n) is 6.43. The minimum atomic E-state index is -1.10. The summed E-state index contributed by atoms with van der Waals surface area (Å²) in [4.78, 5) is 24.9. The third-order valence-electron chi connectivity index (χ3n) is 3.48. The maximum Gasteiger partial charge on any atom is 0.328 e. The van der Waals surface area contributed by atoms with Gasteiger partial charge in [0.25, 0.3) is 0 Å². The van der Waals surface area contributed by atoms with Gasteiger partial charge in [-0.2, -0.15) is 0 Å². The fourth-order valence-corrected chi connectivity index (χ4v) is 2.15. The Balaban J connectivity index is 2.40. The molecule has 19 heavy (non-hydrogen) atoms. The molecule has 0 radical (unpaired) electrons. The van der Waals surface area contributed by atoms with Crippen LogP contribution in [-0.2, 0) is 9.53 Å². The van der Waals surface area contributed by atoms with Crippen LogP contribution >= 0.6 is 0 Å². The molecule has 0 bridgehead atoms. The maximum atomic E-state index is 11.7. The molecular weight excluding hydrogens is 250 g/mol. The van der Waals surface area contributed by atoms with Crippen molar-refractivity contribution in [3.8, 4) is 0 Å². The molecule has 0 aromatic heterocycles. The van der Waals surface area contributed by atoms with E-state index in [1.54, 1.807) is 0 Å². The molecule has 3 atom stereocenters. The van der Waals surface area contributed by atoms with Gasteiger partial charge >= 0.3 is 12.0 Å². The average Bonchev–Trinajstić information content (AvgIpc) is 2.33. The van der Waals surface area contributed by atoms with E-state index in [1.807, 2.05) is 0 Å². The quantitative estimate of drug-likeness (QED) is 0.649. The van der Waals surface area contributed by atoms with Crippen LogP contribution in [0.4, 0.5) is 4.79 Å². The van der Waals surface area contributed by atoms with Crippen LogP contribution in [0.25, 0.3) is 0 Å². The zero-order chi connectivity index (χ0) is 14.4. The summed E-state index contributed by atoms with van der Waals surface area (Å²) in [6.45, 7) is 2.98. The molecule has 1 rings (SSSR count). The Morgan fingerprint density at radius 1 is 1.53 bits per heavy atom. The normalized spacial score (nSPS) is 25.6. The number of carboxylic acids is 1. The topological polar surface area (TPSA) is 90.9 Å². The van der Waals surface area contributed by atoms with Crippen LogP contribution in [0.2, 0.25) is 0 Å². The molecule has 0 spiro atoms. The standard InChI is InChI=1S/C12H23N3O4/c1-8-6-9(4-5-15(8)2)13-12(18)14-10(7-19-3)11(16)17/h8-10H,4-7H2,1-3H3,(H,16,17)(H2,13,14,18). The number of ether oxygens (including phenoxy) is 1. The van der Waals surface area contributed by atoms with Gasteiger partial charge in [-0.05, 0) is 26.8 Å². The van der Waals surface area contributed by atoms with E-state index in [1.165, 1.54) is 7.11 Å². The number of urea groups is 1. The van der Waals surface area contributed by atoms with E-state index in [9.17, 15) is 9.59 Å². The largest absolute Gasteiger partial charge is 0.480 e. The third kappa shape index (κ3) is 5.04. The smallest absolute Gasteiger partial charge is 0.328 e. The lowest BCUT2D eigenvalue weighted by molar-refractivity contribution is -0.140. The number of amides is 2. The van der Waals surface area contributed by atoms with Crippen molar-refractivity contribution < 1.29 is 19.4 Å². The number of likely N-dealkylation sites (tertiary alicyclic amines) is 1. The molecule has 3 unspecified atom stereocenters. The van der Waals surface area contributed by atoms with Crippen LogP contribution in [0.15, 0.2) is 0 Å². The van der Waals surface area contributed by atoms with Crippen LogP contribution in [0.5, 0.6) is 0 Å². The zero-order valence-electron chi connectivity index (χ0n) is 11.7. The summed E-state index contributed by atoms with van der Waals surface area (Å²) in [5, 5.41) is 14.1. The summed E-state index contributed by atoms with van der Waals surface area (Å²) in [5.74, 6) is -1.10. The third-order valence-corrected chi connectivity index (χ3v) is 3.48. The monoisotopic (exact) mass is 273 g/mol. The summed E-state index contributed by atoms with van der Waals surface area (Å²) >= 11 is 0. The van der Waals surface area contributed by atoms with Gasteiger partial charge in [-0.25, -0.2) is 9.59 Å². The van der Waals surface area contributed by atoms with Crippen LogP contribution in [0.1, 0.15) is 19.8 Å². The molecule has 7 nitrogen and oxygen atoms in total. The molecule has 0 aromatic rings. The van der Waals surface area contributed by atoms with Crippen molar-refractivity contribution in [3.05, 3.63) is 0 Å². The first-order chi connectivity index (χ1) is 8.93. The number of rotatable bonds is 5. The molecule has 1 saturated heterocycles. The zero-order valence-corrected chi connectivity index (χ0v) is 11.7.